The zero-order chi connectivity index (χ0) is 23.0. The molecule has 0 aromatic heterocycles. The molecule has 1 aliphatic carbocycles. The Morgan fingerprint density at radius 2 is 1.63 bits per heavy atom. The van der Waals surface area contributed by atoms with Gasteiger partial charge in [-0.05, 0) is 11.6 Å². The second-order valence-electron chi connectivity index (χ2n) is 5.39. The van der Waals surface area contributed by atoms with Gasteiger partial charge in [0.2, 0.25) is 0 Å². The molecule has 0 spiro atoms. The molecule has 0 aromatic rings. The van der Waals surface area contributed by atoms with Crippen LogP contribution in [-0.4, -0.2) is 72.0 Å². The smallest absolute Gasteiger partial charge is 0.545 e. The summed E-state index contributed by atoms with van der Waals surface area (Å²) in [6, 6.07) is 0. The molecule has 20 heteroatoms. The summed E-state index contributed by atoms with van der Waals surface area (Å²) in [6.45, 7) is 0. The van der Waals surface area contributed by atoms with E-state index in [2.05, 4.69) is 13.8 Å². The Morgan fingerprint density at radius 1 is 1.13 bits per heavy atom. The summed E-state index contributed by atoms with van der Waals surface area (Å²) in [5, 5.41) is 29.8. The number of aliphatic hydroxyl groups is 1. The first-order valence-electron chi connectivity index (χ1n) is 6.87. The number of carbonyl (C=O) groups is 2. The number of alkyl halides is 3. The molecule has 0 heterocycles. The first-order valence-corrected chi connectivity index (χ1v) is 9.93. The Bertz CT molecular complexity index is 789. The summed E-state index contributed by atoms with van der Waals surface area (Å²) in [7, 11) is -11.7. The SMILES string of the molecule is O=C([O-])C1=C[C@@H](OP(=O)(O)O)[C@@H](O)[C@H](O[C@](OP(=O)(O)O)(C(=O)O)C(F)(F)F)C1.[Na+]. The first kappa shape index (κ1) is 29.6. The van der Waals surface area contributed by atoms with Crippen LogP contribution in [-0.2, 0) is 32.5 Å². The van der Waals surface area contributed by atoms with Gasteiger partial charge in [-0.2, -0.15) is 13.2 Å². The van der Waals surface area contributed by atoms with Crippen molar-refractivity contribution in [3.8, 4) is 0 Å². The summed E-state index contributed by atoms with van der Waals surface area (Å²) >= 11 is 0. The Balaban J connectivity index is 0.00000841. The molecule has 0 unspecified atom stereocenters. The van der Waals surface area contributed by atoms with Crippen molar-refractivity contribution in [2.24, 2.45) is 0 Å². The van der Waals surface area contributed by atoms with Gasteiger partial charge in [0, 0.05) is 6.42 Å². The Hall–Kier alpha value is -0.390. The Morgan fingerprint density at radius 3 is 1.97 bits per heavy atom. The molecule has 1 aliphatic rings. The minimum Gasteiger partial charge on any atom is -0.545 e. The Labute approximate surface area is 186 Å². The van der Waals surface area contributed by atoms with Gasteiger partial charge >= 0.3 is 63.1 Å². The van der Waals surface area contributed by atoms with Crippen molar-refractivity contribution in [3.63, 3.8) is 0 Å². The number of phosphoric acid groups is 2. The topological polar surface area (TPSA) is 240 Å². The molecule has 30 heavy (non-hydrogen) atoms. The zero-order valence-corrected chi connectivity index (χ0v) is 18.3. The largest absolute Gasteiger partial charge is 1.00 e. The van der Waals surface area contributed by atoms with E-state index in [4.69, 9.17) is 24.7 Å². The van der Waals surface area contributed by atoms with Gasteiger partial charge in [0.15, 0.2) is 0 Å². The molecule has 0 bridgehead atoms. The van der Waals surface area contributed by atoms with Crippen LogP contribution in [0.3, 0.4) is 0 Å². The van der Waals surface area contributed by atoms with Crippen LogP contribution < -0.4 is 34.7 Å². The third-order valence-corrected chi connectivity index (χ3v) is 4.26. The average Bonchev–Trinajstić information content (AvgIpc) is 2.45. The predicted octanol–water partition coefficient (Wildman–Crippen LogP) is -5.25. The van der Waals surface area contributed by atoms with Crippen LogP contribution in [0.5, 0.6) is 0 Å². The first-order chi connectivity index (χ1) is 12.8. The molecular formula is C10H12F3NaO14P2. The van der Waals surface area contributed by atoms with Gasteiger partial charge in [-0.3, -0.25) is 4.52 Å². The second kappa shape index (κ2) is 10.0. The maximum absolute atomic E-state index is 13.3. The van der Waals surface area contributed by atoms with Gasteiger partial charge in [0.05, 0.1) is 12.1 Å². The number of carbonyl (C=O) groups excluding carboxylic acids is 1. The molecule has 0 amide bonds. The van der Waals surface area contributed by atoms with E-state index in [1.165, 1.54) is 0 Å². The number of rotatable bonds is 8. The summed E-state index contributed by atoms with van der Waals surface area (Å²) < 4.78 is 73.0. The maximum Gasteiger partial charge on any atom is 1.00 e. The number of halogens is 3. The number of hydrogen-bond acceptors (Lipinski definition) is 9. The van der Waals surface area contributed by atoms with Gasteiger partial charge < -0.3 is 44.4 Å². The number of ether oxygens (including phenoxy) is 1. The van der Waals surface area contributed by atoms with Crippen molar-refractivity contribution in [3.05, 3.63) is 11.6 Å². The number of aliphatic carboxylic acids is 2. The summed E-state index contributed by atoms with van der Waals surface area (Å²) in [5.74, 6) is -10.4. The minimum absolute atomic E-state index is 0. The van der Waals surface area contributed by atoms with Gasteiger partial charge in [-0.15, -0.1) is 0 Å². The van der Waals surface area contributed by atoms with E-state index in [9.17, 15) is 42.1 Å². The van der Waals surface area contributed by atoms with E-state index in [-0.39, 0.29) is 29.6 Å². The van der Waals surface area contributed by atoms with E-state index in [1.54, 1.807) is 0 Å². The molecule has 0 fully saturated rings. The van der Waals surface area contributed by atoms with Crippen molar-refractivity contribution in [2.45, 2.75) is 36.7 Å². The second-order valence-corrected chi connectivity index (χ2v) is 7.75. The fraction of sp³-hybridized carbons (Fsp3) is 0.600. The predicted molar refractivity (Wildman–Crippen MR) is 75.1 cm³/mol. The average molecular weight is 498 g/mol. The standard InChI is InChI=1S/C10H13F3O14P2.Na/c11-10(12,13)9(8(17)18,27-29(22,23)24)25-4-1-3(7(15)16)2-5(6(4)14)26-28(19,20)21;/h2,4-6,14H,1H2,(H,15,16)(H,17,18)(H2,19,20,21)(H2,22,23,24);/q;+1/p-1/t4-,5-,6+,9+;/m1./s1. The van der Waals surface area contributed by atoms with Crippen molar-refractivity contribution in [2.75, 3.05) is 0 Å². The number of carboxylic acid groups (broad SMARTS) is 2. The molecule has 0 saturated heterocycles. The van der Waals surface area contributed by atoms with Crippen LogP contribution in [0.1, 0.15) is 6.42 Å². The number of aliphatic hydroxyl groups excluding tert-OH is 1. The van der Waals surface area contributed by atoms with E-state index >= 15 is 0 Å². The zero-order valence-electron chi connectivity index (χ0n) is 14.5. The fourth-order valence-electron chi connectivity index (χ4n) is 2.16. The van der Waals surface area contributed by atoms with Gasteiger partial charge in [0.25, 0.3) is 0 Å². The van der Waals surface area contributed by atoms with Gasteiger partial charge in [-0.25, -0.2) is 18.4 Å². The van der Waals surface area contributed by atoms with Crippen LogP contribution in [0.15, 0.2) is 11.6 Å². The van der Waals surface area contributed by atoms with E-state index in [1.807, 2.05) is 0 Å². The third-order valence-electron chi connectivity index (χ3n) is 3.24. The van der Waals surface area contributed by atoms with Gasteiger partial charge in [0.1, 0.15) is 12.2 Å². The van der Waals surface area contributed by atoms with Crippen LogP contribution in [0.25, 0.3) is 0 Å². The molecule has 0 aromatic carbocycles. The number of carboxylic acids is 2. The van der Waals surface area contributed by atoms with E-state index < -0.39 is 69.9 Å². The molecular weight excluding hydrogens is 486 g/mol. The van der Waals surface area contributed by atoms with E-state index in [0.29, 0.717) is 6.08 Å². The van der Waals surface area contributed by atoms with Gasteiger partial charge in [-0.1, -0.05) is 0 Å². The molecule has 0 saturated carbocycles. The molecule has 0 aliphatic heterocycles. The Kier molecular flexibility index (Phi) is 9.91. The molecule has 1 rings (SSSR count). The molecule has 4 atom stereocenters. The quantitative estimate of drug-likeness (QED) is 0.104. The van der Waals surface area contributed by atoms with Crippen LogP contribution in [0.2, 0.25) is 0 Å². The van der Waals surface area contributed by atoms with Crippen LogP contribution in [0.4, 0.5) is 13.2 Å². The molecule has 14 nitrogen and oxygen atoms in total. The summed E-state index contributed by atoms with van der Waals surface area (Å²) in [6.07, 6.45) is -14.6. The van der Waals surface area contributed by atoms with Crippen molar-refractivity contribution in [1.82, 2.24) is 0 Å². The fourth-order valence-corrected chi connectivity index (χ4v) is 3.22. The van der Waals surface area contributed by atoms with Crippen molar-refractivity contribution < 1.29 is 110 Å². The third kappa shape index (κ3) is 7.63. The van der Waals surface area contributed by atoms with Crippen molar-refractivity contribution in [1.29, 1.82) is 0 Å². The minimum atomic E-state index is -6.21. The molecule has 168 valence electrons. The monoisotopic (exact) mass is 498 g/mol. The normalized spacial score (nSPS) is 24.9. The van der Waals surface area contributed by atoms with Crippen LogP contribution >= 0.6 is 15.6 Å². The number of hydrogen-bond donors (Lipinski definition) is 6. The molecule has 0 radical (unpaired) electrons. The summed E-state index contributed by atoms with van der Waals surface area (Å²) in [4.78, 5) is 56.9. The number of phosphoric ester groups is 2. The molecule has 6 N–H and O–H groups in total. The van der Waals surface area contributed by atoms with E-state index in [0.717, 1.165) is 0 Å². The van der Waals surface area contributed by atoms with Crippen molar-refractivity contribution >= 4 is 27.6 Å². The van der Waals surface area contributed by atoms with Crippen LogP contribution in [0, 0.1) is 0 Å². The summed E-state index contributed by atoms with van der Waals surface area (Å²) in [5.41, 5.74) is -1.03. The maximum atomic E-state index is 13.3.